The summed E-state index contributed by atoms with van der Waals surface area (Å²) < 4.78 is 22.6. The molecule has 0 aliphatic carbocycles. The highest BCUT2D eigenvalue weighted by molar-refractivity contribution is 6.35. The fraction of sp³-hybridized carbons (Fsp3) is 0.167. The molecule has 0 aliphatic rings. The van der Waals surface area contributed by atoms with Crippen LogP contribution < -0.4 is 9.47 Å². The van der Waals surface area contributed by atoms with Crippen molar-refractivity contribution in [3.8, 4) is 34.0 Å². The molecule has 0 saturated carbocycles. The zero-order chi connectivity index (χ0) is 22.7. The van der Waals surface area contributed by atoms with Crippen molar-refractivity contribution in [2.45, 2.75) is 6.54 Å². The molecule has 164 valence electrons. The molecular weight excluding hydrogens is 432 g/mol. The van der Waals surface area contributed by atoms with Crippen molar-refractivity contribution in [3.63, 3.8) is 0 Å². The molecule has 32 heavy (non-hydrogen) atoms. The summed E-state index contributed by atoms with van der Waals surface area (Å²) in [6, 6.07) is 18.3. The number of benzene rings is 2. The smallest absolute Gasteiger partial charge is 0.373 e. The molecule has 0 spiro atoms. The van der Waals surface area contributed by atoms with Gasteiger partial charge in [0.05, 0.1) is 38.6 Å². The molecule has 2 aromatic heterocycles. The van der Waals surface area contributed by atoms with Crippen LogP contribution in [0.3, 0.4) is 0 Å². The summed E-state index contributed by atoms with van der Waals surface area (Å²) in [6.45, 7) is 0.272. The third-order valence-corrected chi connectivity index (χ3v) is 5.33. The van der Waals surface area contributed by atoms with Crippen LogP contribution in [0.5, 0.6) is 11.5 Å². The van der Waals surface area contributed by atoms with Gasteiger partial charge in [-0.2, -0.15) is 5.10 Å². The minimum Gasteiger partial charge on any atom is -0.497 e. The van der Waals surface area contributed by atoms with E-state index in [1.165, 1.54) is 7.11 Å². The third-order valence-electron chi connectivity index (χ3n) is 4.98. The second-order valence-electron chi connectivity index (χ2n) is 6.88. The van der Waals surface area contributed by atoms with Gasteiger partial charge >= 0.3 is 5.97 Å². The molecular formula is C24H21ClN2O5. The number of furan rings is 1. The Bertz CT molecular complexity index is 1230. The monoisotopic (exact) mass is 452 g/mol. The largest absolute Gasteiger partial charge is 0.497 e. The minimum atomic E-state index is -0.538. The van der Waals surface area contributed by atoms with Crippen molar-refractivity contribution in [3.05, 3.63) is 77.2 Å². The zero-order valence-electron chi connectivity index (χ0n) is 17.8. The molecule has 0 aliphatic heterocycles. The number of aromatic nitrogens is 2. The van der Waals surface area contributed by atoms with Crippen molar-refractivity contribution >= 4 is 17.6 Å². The van der Waals surface area contributed by atoms with Gasteiger partial charge in [0.1, 0.15) is 23.0 Å². The molecule has 0 amide bonds. The summed E-state index contributed by atoms with van der Waals surface area (Å²) in [6.07, 6.45) is 0. The van der Waals surface area contributed by atoms with E-state index in [2.05, 4.69) is 0 Å². The first kappa shape index (κ1) is 21.5. The Balaban J connectivity index is 1.78. The predicted molar refractivity (Wildman–Crippen MR) is 120 cm³/mol. The highest BCUT2D eigenvalue weighted by Crippen LogP contribution is 2.37. The molecule has 0 radical (unpaired) electrons. The van der Waals surface area contributed by atoms with Crippen LogP contribution in [0.25, 0.3) is 22.5 Å². The van der Waals surface area contributed by atoms with Gasteiger partial charge in [-0.05, 0) is 60.7 Å². The summed E-state index contributed by atoms with van der Waals surface area (Å²) in [7, 11) is 4.54. The average Bonchev–Trinajstić information content (AvgIpc) is 3.43. The number of hydrogen-bond acceptors (Lipinski definition) is 6. The molecule has 2 heterocycles. The lowest BCUT2D eigenvalue weighted by Gasteiger charge is -2.08. The fourth-order valence-electron chi connectivity index (χ4n) is 3.33. The van der Waals surface area contributed by atoms with Gasteiger partial charge in [0.25, 0.3) is 0 Å². The lowest BCUT2D eigenvalue weighted by molar-refractivity contribution is 0.0563. The number of carbonyl (C=O) groups is 1. The van der Waals surface area contributed by atoms with E-state index in [9.17, 15) is 4.79 Å². The number of hydrogen-bond donors (Lipinski definition) is 0. The van der Waals surface area contributed by atoms with Crippen LogP contribution in [-0.4, -0.2) is 37.1 Å². The Morgan fingerprint density at radius 2 is 1.50 bits per heavy atom. The number of rotatable bonds is 7. The fourth-order valence-corrected chi connectivity index (χ4v) is 3.69. The van der Waals surface area contributed by atoms with E-state index in [0.29, 0.717) is 16.5 Å². The van der Waals surface area contributed by atoms with Crippen molar-refractivity contribution in [1.82, 2.24) is 9.78 Å². The molecule has 0 N–H and O–H groups in total. The summed E-state index contributed by atoms with van der Waals surface area (Å²) in [5, 5.41) is 5.26. The molecule has 7 nitrogen and oxygen atoms in total. The van der Waals surface area contributed by atoms with Crippen LogP contribution in [0.4, 0.5) is 0 Å². The van der Waals surface area contributed by atoms with E-state index in [-0.39, 0.29) is 12.3 Å². The molecule has 0 atom stereocenters. The molecule has 4 rings (SSSR count). The number of ether oxygens (including phenoxy) is 3. The number of methoxy groups -OCH3 is 3. The topological polar surface area (TPSA) is 75.7 Å². The van der Waals surface area contributed by atoms with E-state index in [4.69, 9.17) is 35.3 Å². The highest BCUT2D eigenvalue weighted by Gasteiger charge is 2.21. The molecule has 8 heteroatoms. The van der Waals surface area contributed by atoms with Gasteiger partial charge in [-0.3, -0.25) is 4.68 Å². The standard InChI is InChI=1S/C24H21ClN2O5/c1-29-17-8-4-15(5-9-17)22-21(25)23(16-6-10-18(30-2)11-7-16)27(26-22)14-19-12-13-20(32-19)24(28)31-3/h4-13H,14H2,1-3H3. The van der Waals surface area contributed by atoms with E-state index < -0.39 is 5.97 Å². The maximum absolute atomic E-state index is 11.7. The van der Waals surface area contributed by atoms with Gasteiger partial charge < -0.3 is 18.6 Å². The molecule has 0 unspecified atom stereocenters. The Labute approximate surface area is 190 Å². The van der Waals surface area contributed by atoms with Gasteiger partial charge in [-0.1, -0.05) is 11.6 Å². The zero-order valence-corrected chi connectivity index (χ0v) is 18.6. The van der Waals surface area contributed by atoms with Gasteiger partial charge in [-0.25, -0.2) is 4.79 Å². The first-order valence-electron chi connectivity index (χ1n) is 9.76. The molecule has 0 bridgehead atoms. The summed E-state index contributed by atoms with van der Waals surface area (Å²) in [4.78, 5) is 11.7. The second-order valence-corrected chi connectivity index (χ2v) is 7.26. The summed E-state index contributed by atoms with van der Waals surface area (Å²) in [5.41, 5.74) is 3.05. The lowest BCUT2D eigenvalue weighted by atomic mass is 10.1. The number of nitrogens with zero attached hydrogens (tertiary/aromatic N) is 2. The Kier molecular flexibility index (Phi) is 6.18. The van der Waals surface area contributed by atoms with Gasteiger partial charge in [0, 0.05) is 11.1 Å². The summed E-state index contributed by atoms with van der Waals surface area (Å²) in [5.74, 6) is 1.61. The Hall–Kier alpha value is -3.71. The normalized spacial score (nSPS) is 10.8. The molecule has 0 saturated heterocycles. The van der Waals surface area contributed by atoms with E-state index in [0.717, 1.165) is 28.3 Å². The first-order chi connectivity index (χ1) is 15.5. The number of halogens is 1. The van der Waals surface area contributed by atoms with Crippen molar-refractivity contribution in [1.29, 1.82) is 0 Å². The second kappa shape index (κ2) is 9.20. The number of carbonyl (C=O) groups excluding carboxylic acids is 1. The van der Waals surface area contributed by atoms with Crippen LogP contribution in [0.15, 0.2) is 65.1 Å². The molecule has 0 fully saturated rings. The van der Waals surface area contributed by atoms with Crippen LogP contribution in [-0.2, 0) is 11.3 Å². The van der Waals surface area contributed by atoms with Crippen molar-refractivity contribution < 1.29 is 23.4 Å². The molecule has 2 aromatic carbocycles. The number of esters is 1. The first-order valence-corrected chi connectivity index (χ1v) is 10.1. The lowest BCUT2D eigenvalue weighted by Crippen LogP contribution is -2.04. The van der Waals surface area contributed by atoms with Crippen LogP contribution >= 0.6 is 11.6 Å². The van der Waals surface area contributed by atoms with Crippen LogP contribution in [0.1, 0.15) is 16.3 Å². The van der Waals surface area contributed by atoms with Crippen LogP contribution in [0.2, 0.25) is 5.02 Å². The average molecular weight is 453 g/mol. The van der Waals surface area contributed by atoms with E-state index in [1.807, 2.05) is 48.5 Å². The van der Waals surface area contributed by atoms with Gasteiger partial charge in [0.2, 0.25) is 5.76 Å². The predicted octanol–water partition coefficient (Wildman–Crippen LogP) is 5.32. The Morgan fingerprint density at radius 3 is 2.06 bits per heavy atom. The third kappa shape index (κ3) is 4.20. The van der Waals surface area contributed by atoms with Gasteiger partial charge in [-0.15, -0.1) is 0 Å². The van der Waals surface area contributed by atoms with E-state index >= 15 is 0 Å². The maximum atomic E-state index is 11.7. The minimum absolute atomic E-state index is 0.127. The van der Waals surface area contributed by atoms with E-state index in [1.54, 1.807) is 31.0 Å². The van der Waals surface area contributed by atoms with Crippen molar-refractivity contribution in [2.24, 2.45) is 0 Å². The van der Waals surface area contributed by atoms with Crippen molar-refractivity contribution in [2.75, 3.05) is 21.3 Å². The maximum Gasteiger partial charge on any atom is 0.373 e. The molecule has 4 aromatic rings. The quantitative estimate of drug-likeness (QED) is 0.353. The summed E-state index contributed by atoms with van der Waals surface area (Å²) >= 11 is 6.84. The van der Waals surface area contributed by atoms with Crippen LogP contribution in [0, 0.1) is 0 Å². The Morgan fingerprint density at radius 1 is 0.906 bits per heavy atom. The highest BCUT2D eigenvalue weighted by atomic mass is 35.5. The SMILES string of the molecule is COC(=O)c1ccc(Cn2nc(-c3ccc(OC)cc3)c(Cl)c2-c2ccc(OC)cc2)o1. The van der Waals surface area contributed by atoms with Gasteiger partial charge in [0.15, 0.2) is 0 Å².